The summed E-state index contributed by atoms with van der Waals surface area (Å²) in [7, 11) is 0. The van der Waals surface area contributed by atoms with Gasteiger partial charge in [0.25, 0.3) is 0 Å². The number of benzene rings is 2. The minimum absolute atomic E-state index is 0.0485. The lowest BCUT2D eigenvalue weighted by Gasteiger charge is -2.32. The van der Waals surface area contributed by atoms with Gasteiger partial charge in [0, 0.05) is 35.4 Å². The van der Waals surface area contributed by atoms with E-state index in [1.807, 2.05) is 30.0 Å². The number of nitrogens with zero attached hydrogens (tertiary/aromatic N) is 2. The number of hydrogen-bond acceptors (Lipinski definition) is 5. The Labute approximate surface area is 206 Å². The Hall–Kier alpha value is -2.35. The predicted octanol–water partition coefficient (Wildman–Crippen LogP) is 4.97. The number of nitrogens with one attached hydrogen (secondary N) is 2. The molecule has 1 amide bonds. The SMILES string of the molecule is Cc1cc(O)c(C2NNC3C(=O)N(Cc4cccnc4)C(c4ccc(Cl)c(Cl)c4)C32)cc1Cl. The number of aromatic hydroxyl groups is 1. The monoisotopic (exact) mass is 502 g/mol. The second-order valence-electron chi connectivity index (χ2n) is 8.43. The van der Waals surface area contributed by atoms with E-state index in [0.29, 0.717) is 27.2 Å². The molecular weight excluding hydrogens is 483 g/mol. The van der Waals surface area contributed by atoms with Crippen molar-refractivity contribution in [3.63, 3.8) is 0 Å². The summed E-state index contributed by atoms with van der Waals surface area (Å²) in [5.41, 5.74) is 9.56. The van der Waals surface area contributed by atoms with Crippen LogP contribution in [-0.2, 0) is 11.3 Å². The molecule has 33 heavy (non-hydrogen) atoms. The summed E-state index contributed by atoms with van der Waals surface area (Å²) >= 11 is 18.9. The molecule has 4 unspecified atom stereocenters. The molecule has 4 atom stereocenters. The highest BCUT2D eigenvalue weighted by molar-refractivity contribution is 6.42. The first-order valence-corrected chi connectivity index (χ1v) is 11.6. The number of hydrogen-bond donors (Lipinski definition) is 3. The molecule has 1 aromatic heterocycles. The van der Waals surface area contributed by atoms with Gasteiger partial charge in [0.1, 0.15) is 11.8 Å². The summed E-state index contributed by atoms with van der Waals surface area (Å²) in [6.45, 7) is 2.22. The van der Waals surface area contributed by atoms with Crippen molar-refractivity contribution in [1.82, 2.24) is 20.7 Å². The number of phenols is 1. The van der Waals surface area contributed by atoms with E-state index < -0.39 is 6.04 Å². The fourth-order valence-corrected chi connectivity index (χ4v) is 5.34. The van der Waals surface area contributed by atoms with Crippen LogP contribution in [0.1, 0.15) is 34.3 Å². The molecule has 0 bridgehead atoms. The van der Waals surface area contributed by atoms with Crippen LogP contribution in [0.4, 0.5) is 0 Å². The molecule has 170 valence electrons. The largest absolute Gasteiger partial charge is 0.508 e. The molecule has 6 nitrogen and oxygen atoms in total. The zero-order chi connectivity index (χ0) is 23.3. The van der Waals surface area contributed by atoms with Gasteiger partial charge < -0.3 is 10.0 Å². The molecule has 9 heteroatoms. The minimum Gasteiger partial charge on any atom is -0.508 e. The van der Waals surface area contributed by atoms with E-state index in [9.17, 15) is 9.90 Å². The summed E-state index contributed by atoms with van der Waals surface area (Å²) in [5, 5.41) is 12.1. The third-order valence-electron chi connectivity index (χ3n) is 6.42. The van der Waals surface area contributed by atoms with Gasteiger partial charge in [0.2, 0.25) is 5.91 Å². The van der Waals surface area contributed by atoms with Crippen LogP contribution in [0.3, 0.4) is 0 Å². The first-order valence-electron chi connectivity index (χ1n) is 10.5. The molecule has 0 saturated carbocycles. The van der Waals surface area contributed by atoms with Crippen LogP contribution >= 0.6 is 34.8 Å². The van der Waals surface area contributed by atoms with E-state index >= 15 is 0 Å². The Morgan fingerprint density at radius 2 is 1.82 bits per heavy atom. The number of phenolic OH excluding ortho intramolecular Hbond substituents is 1. The molecular formula is C24H21Cl3N4O2. The van der Waals surface area contributed by atoms with Gasteiger partial charge >= 0.3 is 0 Å². The molecule has 2 aromatic carbocycles. The van der Waals surface area contributed by atoms with Crippen molar-refractivity contribution in [2.24, 2.45) is 5.92 Å². The number of likely N-dealkylation sites (tertiary alicyclic amines) is 1. The maximum Gasteiger partial charge on any atom is 0.242 e. The number of halogens is 3. The number of pyridine rings is 1. The molecule has 0 spiro atoms. The van der Waals surface area contributed by atoms with Crippen LogP contribution in [-0.4, -0.2) is 26.9 Å². The number of fused-ring (bicyclic) bond motifs is 1. The number of carbonyl (C=O) groups excluding carboxylic acids is 1. The summed E-state index contributed by atoms with van der Waals surface area (Å²) in [5.74, 6) is -0.161. The third kappa shape index (κ3) is 3.96. The molecule has 2 fully saturated rings. The number of aryl methyl sites for hydroxylation is 1. The van der Waals surface area contributed by atoms with Gasteiger partial charge in [-0.1, -0.05) is 46.9 Å². The molecule has 0 radical (unpaired) electrons. The minimum atomic E-state index is -0.495. The maximum absolute atomic E-state index is 13.6. The number of amides is 1. The Balaban J connectivity index is 1.61. The molecule has 2 aliphatic rings. The lowest BCUT2D eigenvalue weighted by Crippen LogP contribution is -2.41. The van der Waals surface area contributed by atoms with E-state index in [1.165, 1.54) is 0 Å². The van der Waals surface area contributed by atoms with Crippen LogP contribution in [0, 0.1) is 12.8 Å². The van der Waals surface area contributed by atoms with Crippen LogP contribution in [0.15, 0.2) is 54.9 Å². The van der Waals surface area contributed by atoms with E-state index in [2.05, 4.69) is 15.8 Å². The standard InChI is InChI=1S/C24H21Cl3N4O2/c1-12-7-19(32)15(9-17(12)26)21-20-22(30-29-21)24(33)31(11-13-3-2-6-28-10-13)23(20)14-4-5-16(25)18(27)8-14/h2-10,20-23,29-30,32H,11H2,1H3. The average Bonchev–Trinajstić information content (AvgIpc) is 3.33. The third-order valence-corrected chi connectivity index (χ3v) is 7.56. The lowest BCUT2D eigenvalue weighted by atomic mass is 9.83. The van der Waals surface area contributed by atoms with Crippen molar-refractivity contribution in [2.45, 2.75) is 31.6 Å². The Morgan fingerprint density at radius 1 is 1.03 bits per heavy atom. The molecule has 2 aliphatic heterocycles. The first-order chi connectivity index (χ1) is 15.8. The van der Waals surface area contributed by atoms with Crippen molar-refractivity contribution >= 4 is 40.7 Å². The first kappa shape index (κ1) is 22.4. The summed E-state index contributed by atoms with van der Waals surface area (Å²) in [6, 6.07) is 11.4. The lowest BCUT2D eigenvalue weighted by molar-refractivity contribution is -0.131. The van der Waals surface area contributed by atoms with Crippen LogP contribution in [0.5, 0.6) is 5.75 Å². The van der Waals surface area contributed by atoms with Gasteiger partial charge in [-0.3, -0.25) is 9.78 Å². The van der Waals surface area contributed by atoms with Gasteiger partial charge in [0.05, 0.1) is 22.1 Å². The van der Waals surface area contributed by atoms with Crippen molar-refractivity contribution in [3.8, 4) is 5.75 Å². The fourth-order valence-electron chi connectivity index (χ4n) is 4.86. The quantitative estimate of drug-likeness (QED) is 0.468. The van der Waals surface area contributed by atoms with Crippen molar-refractivity contribution in [3.05, 3.63) is 92.2 Å². The van der Waals surface area contributed by atoms with Gasteiger partial charge in [0.15, 0.2) is 0 Å². The van der Waals surface area contributed by atoms with Gasteiger partial charge in [-0.15, -0.1) is 0 Å². The zero-order valence-corrected chi connectivity index (χ0v) is 19.9. The summed E-state index contributed by atoms with van der Waals surface area (Å²) in [4.78, 5) is 19.6. The highest BCUT2D eigenvalue weighted by Crippen LogP contribution is 2.50. The predicted molar refractivity (Wildman–Crippen MR) is 128 cm³/mol. The summed E-state index contributed by atoms with van der Waals surface area (Å²) < 4.78 is 0. The number of aromatic nitrogens is 1. The second-order valence-corrected chi connectivity index (χ2v) is 9.65. The topological polar surface area (TPSA) is 77.5 Å². The van der Waals surface area contributed by atoms with Crippen molar-refractivity contribution in [1.29, 1.82) is 0 Å². The average molecular weight is 504 g/mol. The second kappa shape index (κ2) is 8.78. The van der Waals surface area contributed by atoms with E-state index in [-0.39, 0.29) is 29.7 Å². The molecule has 2 saturated heterocycles. The molecule has 3 aromatic rings. The molecule has 3 N–H and O–H groups in total. The molecule has 5 rings (SSSR count). The van der Waals surface area contributed by atoms with E-state index in [0.717, 1.165) is 16.7 Å². The normalized spacial score (nSPS) is 24.4. The maximum atomic E-state index is 13.6. The van der Waals surface area contributed by atoms with Crippen LogP contribution in [0.25, 0.3) is 0 Å². The number of hydrazine groups is 1. The van der Waals surface area contributed by atoms with Gasteiger partial charge in [-0.25, -0.2) is 10.9 Å². The zero-order valence-electron chi connectivity index (χ0n) is 17.6. The Bertz CT molecular complexity index is 1220. The van der Waals surface area contributed by atoms with E-state index in [4.69, 9.17) is 34.8 Å². The van der Waals surface area contributed by atoms with Crippen LogP contribution < -0.4 is 10.9 Å². The van der Waals surface area contributed by atoms with Crippen LogP contribution in [0.2, 0.25) is 15.1 Å². The number of rotatable bonds is 4. The summed E-state index contributed by atoms with van der Waals surface area (Å²) in [6.07, 6.45) is 3.45. The smallest absolute Gasteiger partial charge is 0.242 e. The molecule has 3 heterocycles. The van der Waals surface area contributed by atoms with Crippen molar-refractivity contribution < 1.29 is 9.90 Å². The van der Waals surface area contributed by atoms with E-state index in [1.54, 1.807) is 36.7 Å². The van der Waals surface area contributed by atoms with Gasteiger partial charge in [-0.2, -0.15) is 0 Å². The molecule has 0 aliphatic carbocycles. The van der Waals surface area contributed by atoms with Gasteiger partial charge in [-0.05, 0) is 53.9 Å². The van der Waals surface area contributed by atoms with Crippen molar-refractivity contribution in [2.75, 3.05) is 0 Å². The Kier molecular flexibility index (Phi) is 5.97. The fraction of sp³-hybridized carbons (Fsp3) is 0.250. The number of carbonyl (C=O) groups is 1. The highest BCUT2D eigenvalue weighted by Gasteiger charge is 2.55. The highest BCUT2D eigenvalue weighted by atomic mass is 35.5. The Morgan fingerprint density at radius 3 is 2.55 bits per heavy atom.